The maximum atomic E-state index is 12.4. The molecule has 0 fully saturated rings. The number of benzene rings is 1. The Bertz CT molecular complexity index is 842. The first-order chi connectivity index (χ1) is 12.5. The Morgan fingerprint density at radius 2 is 1.81 bits per heavy atom. The van der Waals surface area contributed by atoms with Gasteiger partial charge in [-0.3, -0.25) is 4.79 Å². The summed E-state index contributed by atoms with van der Waals surface area (Å²) in [4.78, 5) is 24.0. The summed E-state index contributed by atoms with van der Waals surface area (Å²) >= 11 is 0. The van der Waals surface area contributed by atoms with Crippen LogP contribution in [0.5, 0.6) is 5.75 Å². The molecule has 0 amide bonds. The van der Waals surface area contributed by atoms with Gasteiger partial charge in [0.05, 0.1) is 7.11 Å². The molecule has 0 bridgehead atoms. The van der Waals surface area contributed by atoms with Gasteiger partial charge in [0.2, 0.25) is 5.78 Å². The molecule has 0 atom stereocenters. The molecule has 5 nitrogen and oxygen atoms in total. The van der Waals surface area contributed by atoms with Crippen LogP contribution < -0.4 is 4.74 Å². The Kier molecular flexibility index (Phi) is 6.55. The van der Waals surface area contributed by atoms with Crippen molar-refractivity contribution < 1.29 is 19.1 Å². The van der Waals surface area contributed by atoms with Crippen molar-refractivity contribution in [3.63, 3.8) is 0 Å². The van der Waals surface area contributed by atoms with E-state index >= 15 is 0 Å². The van der Waals surface area contributed by atoms with Crippen molar-refractivity contribution in [1.29, 1.82) is 0 Å². The zero-order chi connectivity index (χ0) is 19.1. The van der Waals surface area contributed by atoms with E-state index in [1.165, 1.54) is 6.08 Å². The lowest BCUT2D eigenvalue weighted by Gasteiger charge is -2.10. The van der Waals surface area contributed by atoms with Gasteiger partial charge in [-0.15, -0.1) is 0 Å². The number of methoxy groups -OCH3 is 1. The highest BCUT2D eigenvalue weighted by atomic mass is 16.5. The topological polar surface area (TPSA) is 57.5 Å². The van der Waals surface area contributed by atoms with E-state index in [0.717, 1.165) is 22.8 Å². The van der Waals surface area contributed by atoms with Gasteiger partial charge in [-0.05, 0) is 51.1 Å². The van der Waals surface area contributed by atoms with E-state index < -0.39 is 5.97 Å². The fourth-order valence-corrected chi connectivity index (χ4v) is 2.68. The third-order valence-electron chi connectivity index (χ3n) is 3.94. The summed E-state index contributed by atoms with van der Waals surface area (Å²) < 4.78 is 12.2. The first-order valence-electron chi connectivity index (χ1n) is 8.30. The van der Waals surface area contributed by atoms with Crippen LogP contribution in [0.25, 0.3) is 5.69 Å². The van der Waals surface area contributed by atoms with Gasteiger partial charge in [0.25, 0.3) is 0 Å². The zero-order valence-electron chi connectivity index (χ0n) is 15.5. The van der Waals surface area contributed by atoms with E-state index in [-0.39, 0.29) is 12.4 Å². The molecule has 0 radical (unpaired) electrons. The Morgan fingerprint density at radius 1 is 1.12 bits per heavy atom. The summed E-state index contributed by atoms with van der Waals surface area (Å²) in [6.45, 7) is 5.36. The summed E-state index contributed by atoms with van der Waals surface area (Å²) in [5.41, 5.74) is 3.21. The number of hydrogen-bond acceptors (Lipinski definition) is 4. The fraction of sp³-hybridized carbons (Fsp3) is 0.238. The van der Waals surface area contributed by atoms with Crippen molar-refractivity contribution in [3.8, 4) is 11.4 Å². The van der Waals surface area contributed by atoms with Gasteiger partial charge < -0.3 is 14.0 Å². The second-order valence-electron chi connectivity index (χ2n) is 5.73. The van der Waals surface area contributed by atoms with Gasteiger partial charge in [0, 0.05) is 28.7 Å². The fourth-order valence-electron chi connectivity index (χ4n) is 2.68. The van der Waals surface area contributed by atoms with E-state index in [1.54, 1.807) is 25.3 Å². The average Bonchev–Trinajstić information content (AvgIpc) is 2.94. The van der Waals surface area contributed by atoms with E-state index in [1.807, 2.05) is 55.7 Å². The standard InChI is InChI=1S/C21H23NO4/c1-5-6-7-8-21(24)26-14-20(23)19-13-15(2)22(16(19)3)17-9-11-18(25-4)12-10-17/h5-13H,14H2,1-4H3. The van der Waals surface area contributed by atoms with E-state index in [9.17, 15) is 9.59 Å². The van der Waals surface area contributed by atoms with E-state index in [4.69, 9.17) is 9.47 Å². The predicted molar refractivity (Wildman–Crippen MR) is 101 cm³/mol. The van der Waals surface area contributed by atoms with Crippen LogP contribution in [0.1, 0.15) is 28.7 Å². The van der Waals surface area contributed by atoms with E-state index in [2.05, 4.69) is 0 Å². The number of aromatic nitrogens is 1. The van der Waals surface area contributed by atoms with Crippen LogP contribution in [0.3, 0.4) is 0 Å². The van der Waals surface area contributed by atoms with Gasteiger partial charge in [0.15, 0.2) is 6.61 Å². The molecule has 0 aliphatic heterocycles. The number of hydrogen-bond donors (Lipinski definition) is 0. The SMILES string of the molecule is CC=CC=CC(=O)OCC(=O)c1cc(C)n(-c2ccc(OC)cc2)c1C. The average molecular weight is 353 g/mol. The molecule has 0 unspecified atom stereocenters. The molecule has 0 N–H and O–H groups in total. The number of ether oxygens (including phenoxy) is 2. The quantitative estimate of drug-likeness (QED) is 0.327. The third-order valence-corrected chi connectivity index (χ3v) is 3.94. The summed E-state index contributed by atoms with van der Waals surface area (Å²) in [5, 5.41) is 0. The number of nitrogens with zero attached hydrogens (tertiary/aromatic N) is 1. The number of aryl methyl sites for hydroxylation is 1. The minimum Gasteiger partial charge on any atom is -0.497 e. The lowest BCUT2D eigenvalue weighted by molar-refractivity contribution is -0.136. The third kappa shape index (κ3) is 4.51. The number of esters is 1. The van der Waals surface area contributed by atoms with Crippen LogP contribution in [0.2, 0.25) is 0 Å². The lowest BCUT2D eigenvalue weighted by atomic mass is 10.1. The number of allylic oxidation sites excluding steroid dienone is 3. The molecule has 0 saturated carbocycles. The van der Waals surface area contributed by atoms with Crippen LogP contribution >= 0.6 is 0 Å². The van der Waals surface area contributed by atoms with Crippen LogP contribution in [-0.2, 0) is 9.53 Å². The largest absolute Gasteiger partial charge is 0.497 e. The van der Waals surface area contributed by atoms with Crippen LogP contribution in [-0.4, -0.2) is 30.0 Å². The van der Waals surface area contributed by atoms with Crippen molar-refractivity contribution in [1.82, 2.24) is 4.57 Å². The molecule has 26 heavy (non-hydrogen) atoms. The molecular weight excluding hydrogens is 330 g/mol. The molecule has 1 aromatic heterocycles. The van der Waals surface area contributed by atoms with Crippen molar-refractivity contribution in [2.45, 2.75) is 20.8 Å². The van der Waals surface area contributed by atoms with Crippen LogP contribution in [0, 0.1) is 13.8 Å². The normalized spacial score (nSPS) is 11.2. The molecule has 1 heterocycles. The second-order valence-corrected chi connectivity index (χ2v) is 5.73. The summed E-state index contributed by atoms with van der Waals surface area (Å²) in [5.74, 6) is -0.00328. The van der Waals surface area contributed by atoms with Gasteiger partial charge in [0.1, 0.15) is 5.75 Å². The molecule has 0 saturated heterocycles. The maximum Gasteiger partial charge on any atom is 0.331 e. The van der Waals surface area contributed by atoms with Crippen molar-refractivity contribution >= 4 is 11.8 Å². The minimum atomic E-state index is -0.541. The number of carbonyl (C=O) groups excluding carboxylic acids is 2. The maximum absolute atomic E-state index is 12.4. The van der Waals surface area contributed by atoms with E-state index in [0.29, 0.717) is 5.56 Å². The Hall–Kier alpha value is -3.08. The highest BCUT2D eigenvalue weighted by molar-refractivity contribution is 6.00. The van der Waals surface area contributed by atoms with Crippen molar-refractivity contribution in [3.05, 3.63) is 71.6 Å². The van der Waals surface area contributed by atoms with Crippen molar-refractivity contribution in [2.75, 3.05) is 13.7 Å². The molecule has 2 rings (SSSR count). The van der Waals surface area contributed by atoms with Gasteiger partial charge in [-0.25, -0.2) is 4.79 Å². The molecule has 2 aromatic rings. The highest BCUT2D eigenvalue weighted by Gasteiger charge is 2.17. The predicted octanol–water partition coefficient (Wildman–Crippen LogP) is 3.96. The molecule has 0 aliphatic rings. The number of carbonyl (C=O) groups is 2. The highest BCUT2D eigenvalue weighted by Crippen LogP contribution is 2.23. The number of Topliss-reactive ketones (excluding diaryl/α,β-unsaturated/α-hetero) is 1. The number of ketones is 1. The van der Waals surface area contributed by atoms with Crippen molar-refractivity contribution in [2.24, 2.45) is 0 Å². The first-order valence-corrected chi connectivity index (χ1v) is 8.30. The van der Waals surface area contributed by atoms with Gasteiger partial charge >= 0.3 is 5.97 Å². The monoisotopic (exact) mass is 353 g/mol. The van der Waals surface area contributed by atoms with Gasteiger partial charge in [-0.1, -0.05) is 18.2 Å². The molecule has 0 spiro atoms. The Balaban J connectivity index is 2.15. The molecule has 136 valence electrons. The number of rotatable bonds is 7. The first kappa shape index (κ1) is 19.2. The second kappa shape index (κ2) is 8.85. The smallest absolute Gasteiger partial charge is 0.331 e. The summed E-state index contributed by atoms with van der Waals surface area (Å²) in [6, 6.07) is 9.41. The lowest BCUT2D eigenvalue weighted by Crippen LogP contribution is -2.13. The van der Waals surface area contributed by atoms with Gasteiger partial charge in [-0.2, -0.15) is 0 Å². The van der Waals surface area contributed by atoms with Crippen LogP contribution in [0.15, 0.2) is 54.6 Å². The van der Waals surface area contributed by atoms with Crippen LogP contribution in [0.4, 0.5) is 0 Å². The Morgan fingerprint density at radius 3 is 2.42 bits per heavy atom. The molecule has 5 heteroatoms. The molecule has 1 aromatic carbocycles. The summed E-state index contributed by atoms with van der Waals surface area (Å²) in [7, 11) is 1.62. The molecule has 0 aliphatic carbocycles. The summed E-state index contributed by atoms with van der Waals surface area (Å²) in [6.07, 6.45) is 6.37. The Labute approximate surface area is 153 Å². The molecular formula is C21H23NO4. The minimum absolute atomic E-state index is 0.231. The zero-order valence-corrected chi connectivity index (χ0v) is 15.5.